The van der Waals surface area contributed by atoms with Gasteiger partial charge in [-0.1, -0.05) is 29.3 Å². The first-order valence-corrected chi connectivity index (χ1v) is 6.15. The second kappa shape index (κ2) is 5.94. The van der Waals surface area contributed by atoms with Crippen molar-refractivity contribution in [3.63, 3.8) is 0 Å². The lowest BCUT2D eigenvalue weighted by molar-refractivity contribution is -0.385. The smallest absolute Gasteiger partial charge is 0.337 e. The van der Waals surface area contributed by atoms with E-state index in [0.29, 0.717) is 0 Å². The van der Waals surface area contributed by atoms with Gasteiger partial charge in [-0.2, -0.15) is 0 Å². The molecule has 108 valence electrons. The van der Waals surface area contributed by atoms with Crippen molar-refractivity contribution in [2.24, 2.45) is 0 Å². The normalized spacial score (nSPS) is 10.2. The van der Waals surface area contributed by atoms with Crippen LogP contribution >= 0.6 is 23.2 Å². The van der Waals surface area contributed by atoms with Crippen molar-refractivity contribution < 1.29 is 19.6 Å². The average molecular weight is 329 g/mol. The number of pyridine rings is 1. The van der Waals surface area contributed by atoms with Crippen molar-refractivity contribution in [2.75, 3.05) is 0 Å². The molecule has 1 heterocycles. The van der Waals surface area contributed by atoms with E-state index in [-0.39, 0.29) is 32.9 Å². The zero-order valence-corrected chi connectivity index (χ0v) is 11.6. The molecule has 21 heavy (non-hydrogen) atoms. The Morgan fingerprint density at radius 3 is 2.67 bits per heavy atom. The minimum Gasteiger partial charge on any atom is -0.478 e. The number of nitro groups is 1. The molecule has 0 amide bonds. The molecule has 1 aromatic carbocycles. The Bertz CT molecular complexity index is 736. The van der Waals surface area contributed by atoms with E-state index in [9.17, 15) is 14.9 Å². The molecule has 0 aliphatic rings. The Hall–Kier alpha value is -2.38. The third kappa shape index (κ3) is 3.21. The van der Waals surface area contributed by atoms with E-state index < -0.39 is 10.9 Å². The molecular weight excluding hydrogens is 323 g/mol. The summed E-state index contributed by atoms with van der Waals surface area (Å²) in [6, 6.07) is 5.05. The number of rotatable bonds is 4. The second-order valence-corrected chi connectivity index (χ2v) is 4.57. The van der Waals surface area contributed by atoms with Crippen molar-refractivity contribution in [2.45, 2.75) is 0 Å². The van der Waals surface area contributed by atoms with Crippen LogP contribution in [-0.4, -0.2) is 21.0 Å². The highest BCUT2D eigenvalue weighted by molar-refractivity contribution is 6.33. The molecule has 9 heteroatoms. The number of carbonyl (C=O) groups is 1. The number of para-hydroxylation sites is 1. The van der Waals surface area contributed by atoms with Gasteiger partial charge >= 0.3 is 11.7 Å². The van der Waals surface area contributed by atoms with Gasteiger partial charge in [0.1, 0.15) is 0 Å². The molecule has 0 aliphatic heterocycles. The molecule has 0 unspecified atom stereocenters. The second-order valence-electron chi connectivity index (χ2n) is 3.75. The highest BCUT2D eigenvalue weighted by Gasteiger charge is 2.20. The van der Waals surface area contributed by atoms with E-state index in [1.807, 2.05) is 0 Å². The van der Waals surface area contributed by atoms with Gasteiger partial charge in [-0.3, -0.25) is 10.1 Å². The van der Waals surface area contributed by atoms with Crippen LogP contribution in [0.5, 0.6) is 11.6 Å². The van der Waals surface area contributed by atoms with Crippen LogP contribution in [0.1, 0.15) is 10.4 Å². The molecule has 0 radical (unpaired) electrons. The summed E-state index contributed by atoms with van der Waals surface area (Å²) >= 11 is 11.5. The number of aromatic nitrogens is 1. The van der Waals surface area contributed by atoms with Gasteiger partial charge < -0.3 is 9.84 Å². The highest BCUT2D eigenvalue weighted by atomic mass is 35.5. The van der Waals surface area contributed by atoms with E-state index in [1.54, 1.807) is 0 Å². The SMILES string of the molecule is O=C(O)c1cc(Oc2c(Cl)cccc2[N+](=O)[O-])ncc1Cl. The molecule has 2 rings (SSSR count). The van der Waals surface area contributed by atoms with Crippen molar-refractivity contribution >= 4 is 34.9 Å². The van der Waals surface area contributed by atoms with Crippen LogP contribution in [0.25, 0.3) is 0 Å². The van der Waals surface area contributed by atoms with E-state index >= 15 is 0 Å². The first kappa shape index (κ1) is 15.0. The highest BCUT2D eigenvalue weighted by Crippen LogP contribution is 2.37. The Morgan fingerprint density at radius 1 is 1.33 bits per heavy atom. The molecule has 0 saturated heterocycles. The van der Waals surface area contributed by atoms with Crippen molar-refractivity contribution in [3.8, 4) is 11.6 Å². The predicted octanol–water partition coefficient (Wildman–Crippen LogP) is 3.79. The number of hydrogen-bond acceptors (Lipinski definition) is 5. The van der Waals surface area contributed by atoms with E-state index in [4.69, 9.17) is 33.0 Å². The lowest BCUT2D eigenvalue weighted by Crippen LogP contribution is -2.00. The van der Waals surface area contributed by atoms with Crippen molar-refractivity contribution in [1.29, 1.82) is 0 Å². The van der Waals surface area contributed by atoms with Gasteiger partial charge in [0.2, 0.25) is 11.6 Å². The largest absolute Gasteiger partial charge is 0.478 e. The quantitative estimate of drug-likeness (QED) is 0.676. The average Bonchev–Trinajstić information content (AvgIpc) is 2.42. The van der Waals surface area contributed by atoms with Crippen LogP contribution < -0.4 is 4.74 Å². The molecule has 7 nitrogen and oxygen atoms in total. The number of carboxylic acids is 1. The fourth-order valence-corrected chi connectivity index (χ4v) is 1.88. The number of hydrogen-bond donors (Lipinski definition) is 1. The van der Waals surface area contributed by atoms with Crippen molar-refractivity contribution in [1.82, 2.24) is 4.98 Å². The Labute approximate surface area is 127 Å². The first-order valence-electron chi connectivity index (χ1n) is 5.39. The molecule has 0 bridgehead atoms. The maximum atomic E-state index is 11.0. The first-order chi connectivity index (χ1) is 9.90. The minimum atomic E-state index is -1.28. The van der Waals surface area contributed by atoms with Crippen LogP contribution in [0.4, 0.5) is 5.69 Å². The van der Waals surface area contributed by atoms with E-state index in [1.165, 1.54) is 18.2 Å². The van der Waals surface area contributed by atoms with Gasteiger partial charge in [-0.15, -0.1) is 0 Å². The zero-order valence-electron chi connectivity index (χ0n) is 10.1. The Kier molecular flexibility index (Phi) is 4.25. The summed E-state index contributed by atoms with van der Waals surface area (Å²) in [5.41, 5.74) is -0.604. The molecule has 1 N–H and O–H groups in total. The Balaban J connectivity index is 2.46. The van der Waals surface area contributed by atoms with Gasteiger partial charge in [-0.25, -0.2) is 9.78 Å². The predicted molar refractivity (Wildman–Crippen MR) is 74.4 cm³/mol. The molecular formula is C12H6Cl2N2O5. The summed E-state index contributed by atoms with van der Waals surface area (Å²) in [6.45, 7) is 0. The van der Waals surface area contributed by atoms with Gasteiger partial charge in [-0.05, 0) is 6.07 Å². The summed E-state index contributed by atoms with van der Waals surface area (Å²) in [6.07, 6.45) is 1.07. The summed E-state index contributed by atoms with van der Waals surface area (Å²) in [5, 5.41) is 19.8. The van der Waals surface area contributed by atoms with Crippen molar-refractivity contribution in [3.05, 3.63) is 56.2 Å². The third-order valence-electron chi connectivity index (χ3n) is 2.41. The number of carboxylic acid groups (broad SMARTS) is 1. The van der Waals surface area contributed by atoms with Gasteiger partial charge in [0.15, 0.2) is 0 Å². The molecule has 0 atom stereocenters. The number of benzene rings is 1. The molecule has 0 aliphatic carbocycles. The number of halogens is 2. The summed E-state index contributed by atoms with van der Waals surface area (Å²) in [5.74, 6) is -1.68. The minimum absolute atomic E-state index is 0.00201. The van der Waals surface area contributed by atoms with Crippen LogP contribution in [0.3, 0.4) is 0 Å². The molecule has 0 fully saturated rings. The van der Waals surface area contributed by atoms with E-state index in [0.717, 1.165) is 12.3 Å². The standard InChI is InChI=1S/C12H6Cl2N2O5/c13-7-2-1-3-9(16(19)20)11(7)21-10-4-6(12(17)18)8(14)5-15-10/h1-5H,(H,17,18). The van der Waals surface area contributed by atoms with E-state index in [2.05, 4.69) is 4.98 Å². The Morgan fingerprint density at radius 2 is 2.05 bits per heavy atom. The molecule has 2 aromatic rings. The monoisotopic (exact) mass is 328 g/mol. The number of nitrogens with zero attached hydrogens (tertiary/aromatic N) is 2. The molecule has 1 aromatic heterocycles. The molecule has 0 saturated carbocycles. The fraction of sp³-hybridized carbons (Fsp3) is 0. The van der Waals surface area contributed by atoms with Crippen LogP contribution in [0.15, 0.2) is 30.5 Å². The topological polar surface area (TPSA) is 103 Å². The van der Waals surface area contributed by atoms with Crippen LogP contribution in [-0.2, 0) is 0 Å². The van der Waals surface area contributed by atoms with Crippen LogP contribution in [0, 0.1) is 10.1 Å². The molecule has 0 spiro atoms. The zero-order chi connectivity index (χ0) is 15.6. The fourth-order valence-electron chi connectivity index (χ4n) is 1.49. The van der Waals surface area contributed by atoms with Gasteiger partial charge in [0.05, 0.1) is 26.7 Å². The summed E-state index contributed by atoms with van der Waals surface area (Å²) in [4.78, 5) is 25.0. The van der Waals surface area contributed by atoms with Crippen LogP contribution in [0.2, 0.25) is 10.0 Å². The lowest BCUT2D eigenvalue weighted by atomic mass is 10.2. The third-order valence-corrected chi connectivity index (χ3v) is 3.01. The van der Waals surface area contributed by atoms with Gasteiger partial charge in [0.25, 0.3) is 0 Å². The number of ether oxygens (including phenoxy) is 1. The lowest BCUT2D eigenvalue weighted by Gasteiger charge is -2.08. The summed E-state index contributed by atoms with van der Waals surface area (Å²) in [7, 11) is 0. The number of aromatic carboxylic acids is 1. The summed E-state index contributed by atoms with van der Waals surface area (Å²) < 4.78 is 5.24. The number of nitro benzene ring substituents is 1. The van der Waals surface area contributed by atoms with Gasteiger partial charge in [0, 0.05) is 12.1 Å². The maximum Gasteiger partial charge on any atom is 0.337 e. The maximum absolute atomic E-state index is 11.0.